The standard InChI is InChI=1S/C23H26N4O6/c1-14(28)20(26-23(31)33-13-15-7-3-2-4-8-15)22(30)25-19(21(29)27-32)11-16-12-24-18-10-6-5-9-17(16)18/h2-10,12,14,19-20,24,28,32H,11,13H2,1H3,(H,25,30)(H,26,31)(H,27,29)/t14-,19-,20+/m1/s1. The summed E-state index contributed by atoms with van der Waals surface area (Å²) in [5.41, 5.74) is 3.89. The summed E-state index contributed by atoms with van der Waals surface area (Å²) in [5.74, 6) is -1.65. The summed E-state index contributed by atoms with van der Waals surface area (Å²) in [6.07, 6.45) is -0.410. The highest BCUT2D eigenvalue weighted by atomic mass is 16.5. The summed E-state index contributed by atoms with van der Waals surface area (Å²) in [4.78, 5) is 40.3. The first kappa shape index (κ1) is 23.8. The highest BCUT2D eigenvalue weighted by molar-refractivity contribution is 5.92. The number of aromatic nitrogens is 1. The minimum Gasteiger partial charge on any atom is -0.445 e. The molecular weight excluding hydrogens is 428 g/mol. The predicted molar refractivity (Wildman–Crippen MR) is 119 cm³/mol. The largest absolute Gasteiger partial charge is 0.445 e. The van der Waals surface area contributed by atoms with E-state index in [1.165, 1.54) is 12.4 Å². The van der Waals surface area contributed by atoms with Crippen LogP contribution in [0.1, 0.15) is 18.1 Å². The fourth-order valence-electron chi connectivity index (χ4n) is 3.37. The second-order valence-electron chi connectivity index (χ2n) is 7.53. The van der Waals surface area contributed by atoms with Gasteiger partial charge < -0.3 is 25.5 Å². The number of hydroxylamine groups is 1. The third-order valence-corrected chi connectivity index (χ3v) is 5.09. The first-order chi connectivity index (χ1) is 15.9. The van der Waals surface area contributed by atoms with Gasteiger partial charge in [0, 0.05) is 23.5 Å². The van der Waals surface area contributed by atoms with Crippen LogP contribution in [0.3, 0.4) is 0 Å². The number of rotatable bonds is 9. The van der Waals surface area contributed by atoms with E-state index in [-0.39, 0.29) is 13.0 Å². The van der Waals surface area contributed by atoms with Crippen molar-refractivity contribution >= 4 is 28.8 Å². The number of carbonyl (C=O) groups is 3. The van der Waals surface area contributed by atoms with Gasteiger partial charge in [-0.2, -0.15) is 0 Å². The molecule has 0 aliphatic heterocycles. The van der Waals surface area contributed by atoms with Crippen LogP contribution in [-0.2, 0) is 27.4 Å². The van der Waals surface area contributed by atoms with Crippen LogP contribution in [0.15, 0.2) is 60.8 Å². The average molecular weight is 454 g/mol. The lowest BCUT2D eigenvalue weighted by molar-refractivity contribution is -0.136. The molecule has 3 amide bonds. The number of aromatic amines is 1. The lowest BCUT2D eigenvalue weighted by Gasteiger charge is -2.24. The molecule has 0 saturated carbocycles. The fourth-order valence-corrected chi connectivity index (χ4v) is 3.37. The number of carbonyl (C=O) groups excluding carboxylic acids is 3. The maximum atomic E-state index is 12.8. The Morgan fingerprint density at radius 1 is 1.00 bits per heavy atom. The molecule has 0 radical (unpaired) electrons. The second kappa shape index (κ2) is 11.1. The van der Waals surface area contributed by atoms with Crippen LogP contribution < -0.4 is 16.1 Å². The number of hydrogen-bond acceptors (Lipinski definition) is 6. The SMILES string of the molecule is C[C@@H](O)[C@H](NC(=O)OCc1ccccc1)C(=O)N[C@H](Cc1c[nH]c2ccccc12)C(=O)NO. The van der Waals surface area contributed by atoms with Crippen molar-refractivity contribution in [2.75, 3.05) is 0 Å². The van der Waals surface area contributed by atoms with E-state index in [0.29, 0.717) is 0 Å². The molecule has 10 heteroatoms. The number of H-pyrrole nitrogens is 1. The summed E-state index contributed by atoms with van der Waals surface area (Å²) in [6.45, 7) is 1.30. The Morgan fingerprint density at radius 2 is 1.70 bits per heavy atom. The molecule has 0 saturated heterocycles. The maximum absolute atomic E-state index is 12.8. The molecule has 0 spiro atoms. The highest BCUT2D eigenvalue weighted by Gasteiger charge is 2.30. The van der Waals surface area contributed by atoms with Crippen LogP contribution in [0, 0.1) is 0 Å². The topological polar surface area (TPSA) is 153 Å². The van der Waals surface area contributed by atoms with Crippen molar-refractivity contribution in [3.8, 4) is 0 Å². The number of amides is 3. The molecule has 174 valence electrons. The van der Waals surface area contributed by atoms with Crippen LogP contribution in [0.25, 0.3) is 10.9 Å². The molecule has 0 fully saturated rings. The zero-order chi connectivity index (χ0) is 23.8. The Hall–Kier alpha value is -3.89. The molecule has 6 N–H and O–H groups in total. The minimum atomic E-state index is -1.38. The molecule has 2 aromatic carbocycles. The van der Waals surface area contributed by atoms with E-state index in [1.54, 1.807) is 30.5 Å². The molecule has 3 aromatic rings. The van der Waals surface area contributed by atoms with Crippen molar-refractivity contribution in [3.63, 3.8) is 0 Å². The lowest BCUT2D eigenvalue weighted by atomic mass is 10.0. The third kappa shape index (κ3) is 6.31. The zero-order valence-electron chi connectivity index (χ0n) is 17.9. The van der Waals surface area contributed by atoms with Crippen molar-refractivity contribution < 1.29 is 29.4 Å². The summed E-state index contributed by atoms with van der Waals surface area (Å²) >= 11 is 0. The van der Waals surface area contributed by atoms with Crippen LogP contribution in [0.4, 0.5) is 4.79 Å². The first-order valence-electron chi connectivity index (χ1n) is 10.3. The van der Waals surface area contributed by atoms with Gasteiger partial charge >= 0.3 is 6.09 Å². The molecule has 3 rings (SSSR count). The van der Waals surface area contributed by atoms with Crippen LogP contribution >= 0.6 is 0 Å². The van der Waals surface area contributed by atoms with E-state index < -0.39 is 36.1 Å². The van der Waals surface area contributed by atoms with Crippen LogP contribution in [0.5, 0.6) is 0 Å². The van der Waals surface area contributed by atoms with Crippen LogP contribution in [-0.4, -0.2) is 51.4 Å². The smallest absolute Gasteiger partial charge is 0.408 e. The van der Waals surface area contributed by atoms with Crippen molar-refractivity contribution in [1.82, 2.24) is 21.1 Å². The van der Waals surface area contributed by atoms with Gasteiger partial charge in [-0.1, -0.05) is 48.5 Å². The van der Waals surface area contributed by atoms with E-state index in [1.807, 2.05) is 30.3 Å². The Balaban J connectivity index is 1.66. The number of fused-ring (bicyclic) bond motifs is 1. The Labute approximate surface area is 189 Å². The molecular formula is C23H26N4O6. The minimum absolute atomic E-state index is 0.0169. The maximum Gasteiger partial charge on any atom is 0.408 e. The number of alkyl carbamates (subject to hydrolysis) is 1. The van der Waals surface area contributed by atoms with Gasteiger partial charge in [-0.15, -0.1) is 0 Å². The number of aliphatic hydroxyl groups excluding tert-OH is 1. The van der Waals surface area contributed by atoms with Crippen LogP contribution in [0.2, 0.25) is 0 Å². The number of hydrogen-bond donors (Lipinski definition) is 6. The number of ether oxygens (including phenoxy) is 1. The summed E-state index contributed by atoms with van der Waals surface area (Å²) < 4.78 is 5.10. The zero-order valence-corrected chi connectivity index (χ0v) is 17.9. The number of aliphatic hydroxyl groups is 1. The van der Waals surface area contributed by atoms with Gasteiger partial charge in [0.1, 0.15) is 18.7 Å². The second-order valence-corrected chi connectivity index (χ2v) is 7.53. The molecule has 3 atom stereocenters. The summed E-state index contributed by atoms with van der Waals surface area (Å²) in [5, 5.41) is 24.8. The number of nitrogens with one attached hydrogen (secondary N) is 4. The van der Waals surface area contributed by atoms with E-state index in [2.05, 4.69) is 15.6 Å². The van der Waals surface area contributed by atoms with Crippen molar-refractivity contribution in [1.29, 1.82) is 0 Å². The van der Waals surface area contributed by atoms with E-state index in [9.17, 15) is 19.5 Å². The van der Waals surface area contributed by atoms with Crippen molar-refractivity contribution in [2.45, 2.75) is 38.1 Å². The molecule has 0 aliphatic carbocycles. The quantitative estimate of drug-likeness (QED) is 0.212. The van der Waals surface area contributed by atoms with Gasteiger partial charge in [0.2, 0.25) is 5.91 Å². The summed E-state index contributed by atoms with van der Waals surface area (Å²) in [7, 11) is 0. The number of para-hydroxylation sites is 1. The molecule has 0 unspecified atom stereocenters. The van der Waals surface area contributed by atoms with Gasteiger partial charge in [0.05, 0.1) is 6.10 Å². The van der Waals surface area contributed by atoms with Gasteiger partial charge in [-0.3, -0.25) is 14.8 Å². The van der Waals surface area contributed by atoms with Gasteiger partial charge in [-0.25, -0.2) is 10.3 Å². The number of benzene rings is 2. The van der Waals surface area contributed by atoms with E-state index >= 15 is 0 Å². The predicted octanol–water partition coefficient (Wildman–Crippen LogP) is 1.38. The van der Waals surface area contributed by atoms with Gasteiger partial charge in [-0.05, 0) is 24.1 Å². The molecule has 10 nitrogen and oxygen atoms in total. The Kier molecular flexibility index (Phi) is 8.01. The van der Waals surface area contributed by atoms with Crippen molar-refractivity contribution in [2.24, 2.45) is 0 Å². The third-order valence-electron chi connectivity index (χ3n) is 5.09. The molecule has 33 heavy (non-hydrogen) atoms. The van der Waals surface area contributed by atoms with E-state index in [0.717, 1.165) is 22.0 Å². The average Bonchev–Trinajstić information content (AvgIpc) is 3.23. The Morgan fingerprint density at radius 3 is 2.39 bits per heavy atom. The Bertz CT molecular complexity index is 1100. The highest BCUT2D eigenvalue weighted by Crippen LogP contribution is 2.19. The summed E-state index contributed by atoms with van der Waals surface area (Å²) in [6, 6.07) is 13.8. The molecule has 0 bridgehead atoms. The van der Waals surface area contributed by atoms with E-state index in [4.69, 9.17) is 9.94 Å². The van der Waals surface area contributed by atoms with Gasteiger partial charge in [0.25, 0.3) is 5.91 Å². The molecule has 0 aliphatic rings. The lowest BCUT2D eigenvalue weighted by Crippen LogP contribution is -2.57. The monoisotopic (exact) mass is 454 g/mol. The van der Waals surface area contributed by atoms with Crippen molar-refractivity contribution in [3.05, 3.63) is 71.9 Å². The van der Waals surface area contributed by atoms with Gasteiger partial charge in [0.15, 0.2) is 0 Å². The molecule has 1 heterocycles. The fraction of sp³-hybridized carbons (Fsp3) is 0.261. The molecule has 1 aromatic heterocycles. The first-order valence-corrected chi connectivity index (χ1v) is 10.3. The normalized spacial score (nSPS) is 13.5.